The lowest BCUT2D eigenvalue weighted by Crippen LogP contribution is -2.35. The molecule has 0 saturated carbocycles. The van der Waals surface area contributed by atoms with Crippen molar-refractivity contribution in [1.29, 1.82) is 0 Å². The van der Waals surface area contributed by atoms with Gasteiger partial charge >= 0.3 is 0 Å². The fourth-order valence-electron chi connectivity index (χ4n) is 1.48. The quantitative estimate of drug-likeness (QED) is 0.711. The van der Waals surface area contributed by atoms with E-state index in [0.29, 0.717) is 13.1 Å². The van der Waals surface area contributed by atoms with Crippen molar-refractivity contribution in [1.82, 2.24) is 20.4 Å². The van der Waals surface area contributed by atoms with E-state index in [-0.39, 0.29) is 11.8 Å². The second-order valence-electron chi connectivity index (χ2n) is 3.98. The molecule has 0 radical (unpaired) electrons. The predicted molar refractivity (Wildman–Crippen MR) is 63.0 cm³/mol. The van der Waals surface area contributed by atoms with Crippen LogP contribution in [0, 0.1) is 5.92 Å². The summed E-state index contributed by atoms with van der Waals surface area (Å²) in [5.41, 5.74) is 1.00. The van der Waals surface area contributed by atoms with Gasteiger partial charge in [-0.15, -0.1) is 0 Å². The molecule has 0 saturated heterocycles. The molecule has 0 aliphatic carbocycles. The van der Waals surface area contributed by atoms with Gasteiger partial charge in [-0.3, -0.25) is 9.48 Å². The van der Waals surface area contributed by atoms with Crippen molar-refractivity contribution in [2.45, 2.75) is 13.3 Å². The predicted octanol–water partition coefficient (Wildman–Crippen LogP) is -0.0657. The average Bonchev–Trinajstić information content (AvgIpc) is 2.64. The van der Waals surface area contributed by atoms with Gasteiger partial charge in [0.25, 0.3) is 0 Å². The highest BCUT2D eigenvalue weighted by Gasteiger charge is 2.10. The molecular formula is C11H20N4O. The first-order chi connectivity index (χ1) is 7.63. The lowest BCUT2D eigenvalue weighted by atomic mass is 10.1. The Morgan fingerprint density at radius 3 is 2.94 bits per heavy atom. The molecule has 0 bridgehead atoms. The van der Waals surface area contributed by atoms with Gasteiger partial charge in [0, 0.05) is 38.7 Å². The molecule has 0 aliphatic rings. The summed E-state index contributed by atoms with van der Waals surface area (Å²) >= 11 is 0. The number of nitrogens with one attached hydrogen (secondary N) is 2. The largest absolute Gasteiger partial charge is 0.355 e. The van der Waals surface area contributed by atoms with Crippen molar-refractivity contribution < 1.29 is 4.79 Å². The molecule has 16 heavy (non-hydrogen) atoms. The maximum absolute atomic E-state index is 11.6. The van der Waals surface area contributed by atoms with Gasteiger partial charge in [0.05, 0.1) is 5.69 Å². The molecule has 1 amide bonds. The van der Waals surface area contributed by atoms with Gasteiger partial charge in [-0.1, -0.05) is 6.92 Å². The van der Waals surface area contributed by atoms with Gasteiger partial charge in [0.15, 0.2) is 0 Å². The van der Waals surface area contributed by atoms with Gasteiger partial charge in [-0.25, -0.2) is 0 Å². The van der Waals surface area contributed by atoms with Crippen LogP contribution in [-0.4, -0.2) is 35.8 Å². The molecule has 0 aromatic carbocycles. The molecular weight excluding hydrogens is 204 g/mol. The van der Waals surface area contributed by atoms with E-state index in [2.05, 4.69) is 15.7 Å². The molecule has 1 aromatic rings. The second-order valence-corrected chi connectivity index (χ2v) is 3.98. The number of amides is 1. The normalized spacial score (nSPS) is 12.4. The summed E-state index contributed by atoms with van der Waals surface area (Å²) in [6.45, 7) is 3.26. The van der Waals surface area contributed by atoms with E-state index in [1.54, 1.807) is 4.68 Å². The minimum atomic E-state index is 0.00809. The van der Waals surface area contributed by atoms with Gasteiger partial charge in [0.1, 0.15) is 0 Å². The maximum atomic E-state index is 11.6. The molecule has 90 valence electrons. The summed E-state index contributed by atoms with van der Waals surface area (Å²) in [6.07, 6.45) is 2.68. The number of rotatable bonds is 6. The first kappa shape index (κ1) is 12.7. The standard InChI is InChI=1S/C11H20N4O/c1-9(8-12-2)11(16)13-6-4-10-5-7-15(3)14-10/h5,7,9,12H,4,6,8H2,1-3H3,(H,13,16). The van der Waals surface area contributed by atoms with Crippen LogP contribution in [0.25, 0.3) is 0 Å². The zero-order chi connectivity index (χ0) is 12.0. The molecule has 1 heterocycles. The van der Waals surface area contributed by atoms with Crippen LogP contribution >= 0.6 is 0 Å². The number of hydrogen-bond donors (Lipinski definition) is 2. The Morgan fingerprint density at radius 2 is 2.38 bits per heavy atom. The number of carbonyl (C=O) groups is 1. The Balaban J connectivity index is 2.22. The summed E-state index contributed by atoms with van der Waals surface area (Å²) in [5, 5.41) is 10.1. The van der Waals surface area contributed by atoms with Crippen molar-refractivity contribution in [3.8, 4) is 0 Å². The molecule has 1 unspecified atom stereocenters. The number of hydrogen-bond acceptors (Lipinski definition) is 3. The van der Waals surface area contributed by atoms with Crippen LogP contribution in [0.3, 0.4) is 0 Å². The molecule has 1 atom stereocenters. The summed E-state index contributed by atoms with van der Waals surface area (Å²) in [6, 6.07) is 1.96. The third kappa shape index (κ3) is 4.02. The maximum Gasteiger partial charge on any atom is 0.224 e. The Morgan fingerprint density at radius 1 is 1.62 bits per heavy atom. The minimum absolute atomic E-state index is 0.00809. The molecule has 0 spiro atoms. The van der Waals surface area contributed by atoms with Crippen LogP contribution in [0.4, 0.5) is 0 Å². The Bertz CT molecular complexity index is 334. The molecule has 2 N–H and O–H groups in total. The van der Waals surface area contributed by atoms with Crippen LogP contribution in [0.5, 0.6) is 0 Å². The van der Waals surface area contributed by atoms with Gasteiger partial charge in [-0.05, 0) is 13.1 Å². The fourth-order valence-corrected chi connectivity index (χ4v) is 1.48. The summed E-state index contributed by atoms with van der Waals surface area (Å²) in [7, 11) is 3.73. The highest BCUT2D eigenvalue weighted by atomic mass is 16.1. The third-order valence-corrected chi connectivity index (χ3v) is 2.41. The van der Waals surface area contributed by atoms with E-state index in [9.17, 15) is 4.79 Å². The van der Waals surface area contributed by atoms with Crippen molar-refractivity contribution in [2.24, 2.45) is 13.0 Å². The van der Waals surface area contributed by atoms with Crippen molar-refractivity contribution >= 4 is 5.91 Å². The summed E-state index contributed by atoms with van der Waals surface area (Å²) in [4.78, 5) is 11.6. The van der Waals surface area contributed by atoms with E-state index in [1.807, 2.05) is 33.3 Å². The lowest BCUT2D eigenvalue weighted by Gasteiger charge is -2.10. The molecule has 5 heteroatoms. The Labute approximate surface area is 96.2 Å². The van der Waals surface area contributed by atoms with E-state index < -0.39 is 0 Å². The van der Waals surface area contributed by atoms with Crippen LogP contribution in [-0.2, 0) is 18.3 Å². The topological polar surface area (TPSA) is 59.0 Å². The zero-order valence-electron chi connectivity index (χ0n) is 10.2. The summed E-state index contributed by atoms with van der Waals surface area (Å²) < 4.78 is 1.76. The van der Waals surface area contributed by atoms with E-state index >= 15 is 0 Å². The molecule has 1 rings (SSSR count). The minimum Gasteiger partial charge on any atom is -0.355 e. The zero-order valence-corrected chi connectivity index (χ0v) is 10.2. The van der Waals surface area contributed by atoms with Gasteiger partial charge in [-0.2, -0.15) is 5.10 Å². The smallest absolute Gasteiger partial charge is 0.224 e. The Hall–Kier alpha value is -1.36. The Kier molecular flexibility index (Phi) is 4.98. The number of aromatic nitrogens is 2. The van der Waals surface area contributed by atoms with Gasteiger partial charge in [0.2, 0.25) is 5.91 Å². The van der Waals surface area contributed by atoms with E-state index in [4.69, 9.17) is 0 Å². The molecule has 1 aromatic heterocycles. The highest BCUT2D eigenvalue weighted by Crippen LogP contribution is 1.95. The van der Waals surface area contributed by atoms with E-state index in [1.165, 1.54) is 0 Å². The van der Waals surface area contributed by atoms with E-state index in [0.717, 1.165) is 12.1 Å². The molecule has 0 aliphatic heterocycles. The summed E-state index contributed by atoms with van der Waals surface area (Å²) in [5.74, 6) is 0.0963. The number of aryl methyl sites for hydroxylation is 1. The first-order valence-corrected chi connectivity index (χ1v) is 5.54. The first-order valence-electron chi connectivity index (χ1n) is 5.54. The molecule has 5 nitrogen and oxygen atoms in total. The second kappa shape index (κ2) is 6.27. The van der Waals surface area contributed by atoms with Crippen molar-refractivity contribution in [3.63, 3.8) is 0 Å². The SMILES string of the molecule is CNCC(C)C(=O)NCCc1ccn(C)n1. The molecule has 0 fully saturated rings. The van der Waals surface area contributed by atoms with Gasteiger partial charge < -0.3 is 10.6 Å². The van der Waals surface area contributed by atoms with Crippen molar-refractivity contribution in [2.75, 3.05) is 20.1 Å². The van der Waals surface area contributed by atoms with Crippen LogP contribution in [0.15, 0.2) is 12.3 Å². The fraction of sp³-hybridized carbons (Fsp3) is 0.636. The average molecular weight is 224 g/mol. The van der Waals surface area contributed by atoms with Crippen LogP contribution < -0.4 is 10.6 Å². The lowest BCUT2D eigenvalue weighted by molar-refractivity contribution is -0.124. The van der Waals surface area contributed by atoms with Crippen LogP contribution in [0.2, 0.25) is 0 Å². The van der Waals surface area contributed by atoms with Crippen molar-refractivity contribution in [3.05, 3.63) is 18.0 Å². The highest BCUT2D eigenvalue weighted by molar-refractivity contribution is 5.78. The third-order valence-electron chi connectivity index (χ3n) is 2.41. The number of carbonyl (C=O) groups excluding carboxylic acids is 1. The van der Waals surface area contributed by atoms with Crippen LogP contribution in [0.1, 0.15) is 12.6 Å². The number of nitrogens with zero attached hydrogens (tertiary/aromatic N) is 2. The monoisotopic (exact) mass is 224 g/mol.